The zero-order valence-electron chi connectivity index (χ0n) is 21.5. The van der Waals surface area contributed by atoms with Crippen molar-refractivity contribution < 1.29 is 9.53 Å². The van der Waals surface area contributed by atoms with E-state index in [2.05, 4.69) is 16.9 Å². The van der Waals surface area contributed by atoms with Gasteiger partial charge in [0.2, 0.25) is 0 Å². The maximum atomic E-state index is 13.5. The molecule has 1 aromatic carbocycles. The molecule has 0 aliphatic heterocycles. The third kappa shape index (κ3) is 6.46. The summed E-state index contributed by atoms with van der Waals surface area (Å²) < 4.78 is 9.07. The molecule has 198 valence electrons. The monoisotopic (exact) mass is 540 g/mol. The molecule has 0 radical (unpaired) electrons. The van der Waals surface area contributed by atoms with E-state index in [1.807, 2.05) is 61.7 Å². The fraction of sp³-hybridized carbons (Fsp3) is 0.207. The van der Waals surface area contributed by atoms with Crippen molar-refractivity contribution in [2.45, 2.75) is 19.9 Å². The van der Waals surface area contributed by atoms with E-state index in [1.165, 1.54) is 4.57 Å². The zero-order chi connectivity index (χ0) is 27.6. The highest BCUT2D eigenvalue weighted by Crippen LogP contribution is 2.23. The third-order valence-corrected chi connectivity index (χ3v) is 6.84. The highest BCUT2D eigenvalue weighted by molar-refractivity contribution is 7.07. The SMILES string of the molecule is C=CCn1c(=O)/c(=C\c2cn(-c3ccccc3)nc2-c2cccnc2)s/c1=C(\C#N)C(=O)NCCCOCC. The number of nitrogens with one attached hydrogen (secondary N) is 1. The summed E-state index contributed by atoms with van der Waals surface area (Å²) in [5.74, 6) is -0.535. The molecule has 0 unspecified atom stereocenters. The van der Waals surface area contributed by atoms with Crippen LogP contribution in [0.25, 0.3) is 28.6 Å². The van der Waals surface area contributed by atoms with Crippen LogP contribution in [-0.4, -0.2) is 45.0 Å². The predicted molar refractivity (Wildman–Crippen MR) is 152 cm³/mol. The first-order valence-corrected chi connectivity index (χ1v) is 13.3. The quantitative estimate of drug-likeness (QED) is 0.231. The summed E-state index contributed by atoms with van der Waals surface area (Å²) >= 11 is 1.09. The van der Waals surface area contributed by atoms with Gasteiger partial charge in [-0.15, -0.1) is 17.9 Å². The lowest BCUT2D eigenvalue weighted by Crippen LogP contribution is -2.35. The average molecular weight is 541 g/mol. The number of hydrogen-bond acceptors (Lipinski definition) is 7. The van der Waals surface area contributed by atoms with Crippen molar-refractivity contribution in [3.63, 3.8) is 0 Å². The summed E-state index contributed by atoms with van der Waals surface area (Å²) in [6.07, 6.45) is 9.15. The number of amides is 1. The molecule has 0 bridgehead atoms. The lowest BCUT2D eigenvalue weighted by Gasteiger charge is -2.04. The summed E-state index contributed by atoms with van der Waals surface area (Å²) in [7, 11) is 0. The molecule has 0 saturated heterocycles. The number of carbonyl (C=O) groups excluding carboxylic acids is 1. The predicted octanol–water partition coefficient (Wildman–Crippen LogP) is 2.39. The topological polar surface area (TPSA) is 115 Å². The Kier molecular flexibility index (Phi) is 9.34. The van der Waals surface area contributed by atoms with E-state index in [1.54, 1.807) is 29.2 Å². The molecule has 39 heavy (non-hydrogen) atoms. The molecule has 3 aromatic heterocycles. The van der Waals surface area contributed by atoms with Crippen LogP contribution in [0.1, 0.15) is 18.9 Å². The lowest BCUT2D eigenvalue weighted by atomic mass is 10.1. The Morgan fingerprint density at radius 3 is 2.77 bits per heavy atom. The van der Waals surface area contributed by atoms with E-state index < -0.39 is 5.91 Å². The Balaban J connectivity index is 1.84. The van der Waals surface area contributed by atoms with E-state index in [9.17, 15) is 14.9 Å². The van der Waals surface area contributed by atoms with Crippen LogP contribution in [-0.2, 0) is 16.1 Å². The Morgan fingerprint density at radius 1 is 1.26 bits per heavy atom. The molecule has 1 N–H and O–H groups in total. The Hall–Kier alpha value is -4.59. The number of nitriles is 1. The van der Waals surface area contributed by atoms with E-state index in [4.69, 9.17) is 9.84 Å². The highest BCUT2D eigenvalue weighted by atomic mass is 32.1. The largest absolute Gasteiger partial charge is 0.382 e. The van der Waals surface area contributed by atoms with Crippen molar-refractivity contribution in [1.29, 1.82) is 5.26 Å². The lowest BCUT2D eigenvalue weighted by molar-refractivity contribution is -0.115. The first-order chi connectivity index (χ1) is 19.1. The number of aromatic nitrogens is 4. The van der Waals surface area contributed by atoms with Gasteiger partial charge in [-0.3, -0.25) is 19.1 Å². The van der Waals surface area contributed by atoms with E-state index in [-0.39, 0.29) is 22.3 Å². The van der Waals surface area contributed by atoms with Gasteiger partial charge in [-0.1, -0.05) is 24.3 Å². The molecule has 0 saturated carbocycles. The van der Waals surface area contributed by atoms with Crippen molar-refractivity contribution in [2.24, 2.45) is 0 Å². The summed E-state index contributed by atoms with van der Waals surface area (Å²) in [5, 5.41) is 17.4. The minimum Gasteiger partial charge on any atom is -0.382 e. The number of nitrogens with zero attached hydrogens (tertiary/aromatic N) is 5. The second kappa shape index (κ2) is 13.3. The number of hydrogen-bond donors (Lipinski definition) is 1. The van der Waals surface area contributed by atoms with Crippen molar-refractivity contribution >= 4 is 28.9 Å². The summed E-state index contributed by atoms with van der Waals surface area (Å²) in [4.78, 5) is 30.6. The van der Waals surface area contributed by atoms with Crippen molar-refractivity contribution in [3.05, 3.63) is 98.8 Å². The number of rotatable bonds is 11. The Morgan fingerprint density at radius 2 is 2.08 bits per heavy atom. The molecule has 1 amide bonds. The first-order valence-electron chi connectivity index (χ1n) is 12.5. The van der Waals surface area contributed by atoms with Crippen LogP contribution in [0.5, 0.6) is 0 Å². The second-order valence-electron chi connectivity index (χ2n) is 8.37. The second-order valence-corrected chi connectivity index (χ2v) is 9.40. The number of carbonyl (C=O) groups is 1. The fourth-order valence-electron chi connectivity index (χ4n) is 3.88. The molecule has 0 aliphatic rings. The van der Waals surface area contributed by atoms with Gasteiger partial charge >= 0.3 is 0 Å². The fourth-order valence-corrected chi connectivity index (χ4v) is 4.98. The standard InChI is InChI=1S/C29H28N6O3S/c1-3-15-34-28(37)25(39-29(34)24(18-30)27(36)32-14-9-16-38-4-2)17-22-20-35(23-11-6-5-7-12-23)33-26(22)21-10-8-13-31-19-21/h3,5-8,10-13,17,19-20H,1,4,9,14-16H2,2H3,(H,32,36)/b25-17+,29-24+. The highest BCUT2D eigenvalue weighted by Gasteiger charge is 2.17. The van der Waals surface area contributed by atoms with Gasteiger partial charge < -0.3 is 10.1 Å². The van der Waals surface area contributed by atoms with Gasteiger partial charge in [0.1, 0.15) is 16.4 Å². The van der Waals surface area contributed by atoms with E-state index >= 15 is 0 Å². The molecule has 3 heterocycles. The van der Waals surface area contributed by atoms with Crippen LogP contribution >= 0.6 is 11.3 Å². The van der Waals surface area contributed by atoms with Gasteiger partial charge in [0.05, 0.1) is 10.2 Å². The van der Waals surface area contributed by atoms with Gasteiger partial charge in [0.25, 0.3) is 11.5 Å². The molecule has 10 heteroatoms. The number of allylic oxidation sites excluding steroid dienone is 1. The van der Waals surface area contributed by atoms with E-state index in [0.29, 0.717) is 42.0 Å². The van der Waals surface area contributed by atoms with Gasteiger partial charge in [-0.05, 0) is 43.7 Å². The molecule has 4 aromatic rings. The molecule has 0 aliphatic carbocycles. The molecule has 0 spiro atoms. The third-order valence-electron chi connectivity index (χ3n) is 5.71. The van der Waals surface area contributed by atoms with Crippen LogP contribution in [0.4, 0.5) is 0 Å². The van der Waals surface area contributed by atoms with E-state index in [0.717, 1.165) is 22.6 Å². The summed E-state index contributed by atoms with van der Waals surface area (Å²) in [6, 6.07) is 15.3. The van der Waals surface area contributed by atoms with Crippen LogP contribution in [0.15, 0.2) is 78.5 Å². The average Bonchev–Trinajstić information content (AvgIpc) is 3.52. The number of ether oxygens (including phenoxy) is 1. The molecular formula is C29H28N6O3S. The minimum absolute atomic E-state index is 0.123. The van der Waals surface area contributed by atoms with Crippen molar-refractivity contribution in [1.82, 2.24) is 24.6 Å². The number of thiazole rings is 1. The van der Waals surface area contributed by atoms with Crippen LogP contribution < -0.4 is 20.1 Å². The van der Waals surface area contributed by atoms with Crippen molar-refractivity contribution in [3.8, 4) is 23.0 Å². The van der Waals surface area contributed by atoms with Gasteiger partial charge in [0, 0.05) is 56.0 Å². The maximum absolute atomic E-state index is 13.5. The maximum Gasteiger partial charge on any atom is 0.269 e. The van der Waals surface area contributed by atoms with Crippen LogP contribution in [0, 0.1) is 11.3 Å². The minimum atomic E-state index is -0.535. The number of pyridine rings is 1. The van der Waals surface area contributed by atoms with Crippen LogP contribution in [0.3, 0.4) is 0 Å². The van der Waals surface area contributed by atoms with Gasteiger partial charge in [-0.25, -0.2) is 4.68 Å². The molecule has 0 fully saturated rings. The number of benzene rings is 1. The molecule has 4 rings (SSSR count). The van der Waals surface area contributed by atoms with Crippen LogP contribution in [0.2, 0.25) is 0 Å². The first kappa shape index (κ1) is 27.4. The molecule has 0 atom stereocenters. The smallest absolute Gasteiger partial charge is 0.269 e. The zero-order valence-corrected chi connectivity index (χ0v) is 22.4. The normalized spacial score (nSPS) is 12.2. The number of para-hydroxylation sites is 1. The Labute approximate surface area is 229 Å². The molecular weight excluding hydrogens is 512 g/mol. The molecule has 9 nitrogen and oxygen atoms in total. The summed E-state index contributed by atoms with van der Waals surface area (Å²) in [6.45, 7) is 7.25. The Bertz CT molecular complexity index is 1660. The van der Waals surface area contributed by atoms with Crippen molar-refractivity contribution in [2.75, 3.05) is 19.8 Å². The summed E-state index contributed by atoms with van der Waals surface area (Å²) in [5.41, 5.74) is 2.55. The van der Waals surface area contributed by atoms with Gasteiger partial charge in [0.15, 0.2) is 5.57 Å². The van der Waals surface area contributed by atoms with Gasteiger partial charge in [-0.2, -0.15) is 10.4 Å².